The van der Waals surface area contributed by atoms with E-state index in [1.165, 1.54) is 39.9 Å². The first-order valence-corrected chi connectivity index (χ1v) is 12.2. The maximum atomic E-state index is 12.9. The molecule has 2 aromatic heterocycles. The average molecular weight is 493 g/mol. The van der Waals surface area contributed by atoms with Crippen LogP contribution < -0.4 is 10.4 Å². The van der Waals surface area contributed by atoms with Crippen molar-refractivity contribution in [2.75, 3.05) is 39.9 Å². The van der Waals surface area contributed by atoms with Crippen LogP contribution in [0.5, 0.6) is 5.75 Å². The van der Waals surface area contributed by atoms with Gasteiger partial charge in [0.25, 0.3) is 15.9 Å². The second-order valence-electron chi connectivity index (χ2n) is 7.17. The molecule has 0 spiro atoms. The molecule has 0 aliphatic carbocycles. The van der Waals surface area contributed by atoms with Gasteiger partial charge in [-0.15, -0.1) is 11.3 Å². The molecular formula is C21H20N2O8S2. The van der Waals surface area contributed by atoms with E-state index in [4.69, 9.17) is 9.15 Å². The summed E-state index contributed by atoms with van der Waals surface area (Å²) >= 11 is 0.950. The van der Waals surface area contributed by atoms with Gasteiger partial charge in [-0.1, -0.05) is 0 Å². The number of sulfonamides is 1. The number of nitrogens with zero attached hydrogens (tertiary/aromatic N) is 2. The molecule has 0 unspecified atom stereocenters. The summed E-state index contributed by atoms with van der Waals surface area (Å²) < 4.78 is 42.3. The van der Waals surface area contributed by atoms with Crippen LogP contribution in [0.2, 0.25) is 0 Å². The van der Waals surface area contributed by atoms with Crippen molar-refractivity contribution in [2.45, 2.75) is 4.21 Å². The molecule has 0 atom stereocenters. The third-order valence-electron chi connectivity index (χ3n) is 5.14. The molecule has 4 rings (SSSR count). The Morgan fingerprint density at radius 2 is 1.82 bits per heavy atom. The Labute approximate surface area is 193 Å². The zero-order chi connectivity index (χ0) is 23.6. The van der Waals surface area contributed by atoms with Crippen LogP contribution >= 0.6 is 11.3 Å². The summed E-state index contributed by atoms with van der Waals surface area (Å²) in [6, 6.07) is 9.18. The molecule has 0 saturated carbocycles. The Morgan fingerprint density at radius 3 is 2.55 bits per heavy atom. The first-order valence-electron chi connectivity index (χ1n) is 9.89. The summed E-state index contributed by atoms with van der Waals surface area (Å²) in [4.78, 5) is 37.0. The van der Waals surface area contributed by atoms with E-state index in [1.807, 2.05) is 0 Å². The van der Waals surface area contributed by atoms with Gasteiger partial charge in [0.2, 0.25) is 0 Å². The van der Waals surface area contributed by atoms with Crippen LogP contribution in [-0.2, 0) is 19.6 Å². The summed E-state index contributed by atoms with van der Waals surface area (Å²) in [5, 5.41) is 2.17. The van der Waals surface area contributed by atoms with Gasteiger partial charge >= 0.3 is 11.6 Å². The summed E-state index contributed by atoms with van der Waals surface area (Å²) in [6.45, 7) is 0.441. The fraction of sp³-hybridized carbons (Fsp3) is 0.286. The van der Waals surface area contributed by atoms with Crippen molar-refractivity contribution in [2.24, 2.45) is 0 Å². The number of esters is 1. The molecule has 0 radical (unpaired) electrons. The maximum Gasteiger partial charge on any atom is 0.338 e. The van der Waals surface area contributed by atoms with Crippen LogP contribution in [0.25, 0.3) is 11.0 Å². The molecule has 1 aliphatic rings. The minimum Gasteiger partial charge on any atom is -0.484 e. The molecule has 174 valence electrons. The summed E-state index contributed by atoms with van der Waals surface area (Å²) in [6.07, 6.45) is 0. The minimum atomic E-state index is -3.77. The zero-order valence-electron chi connectivity index (χ0n) is 17.6. The van der Waals surface area contributed by atoms with Crippen LogP contribution in [0, 0.1) is 0 Å². The predicted octanol–water partition coefficient (Wildman–Crippen LogP) is 1.55. The molecule has 0 bridgehead atoms. The van der Waals surface area contributed by atoms with E-state index in [1.54, 1.807) is 18.2 Å². The number of hydrogen-bond acceptors (Lipinski definition) is 9. The van der Waals surface area contributed by atoms with Gasteiger partial charge in [0, 0.05) is 49.1 Å². The molecule has 3 aromatic rings. The van der Waals surface area contributed by atoms with Crippen molar-refractivity contribution < 1.29 is 31.9 Å². The number of ether oxygens (including phenoxy) is 2. The Kier molecular flexibility index (Phi) is 6.49. The van der Waals surface area contributed by atoms with Crippen LogP contribution in [0.3, 0.4) is 0 Å². The molecule has 1 aliphatic heterocycles. The van der Waals surface area contributed by atoms with Gasteiger partial charge in [0.1, 0.15) is 15.5 Å². The van der Waals surface area contributed by atoms with Gasteiger partial charge in [-0.2, -0.15) is 4.31 Å². The third-order valence-corrected chi connectivity index (χ3v) is 8.45. The molecule has 1 aromatic carbocycles. The molecule has 12 heteroatoms. The average Bonchev–Trinajstić information content (AvgIpc) is 3.33. The molecule has 33 heavy (non-hydrogen) atoms. The largest absolute Gasteiger partial charge is 0.484 e. The number of benzene rings is 1. The maximum absolute atomic E-state index is 12.9. The van der Waals surface area contributed by atoms with Crippen LogP contribution in [0.1, 0.15) is 10.4 Å². The smallest absolute Gasteiger partial charge is 0.338 e. The number of carbonyl (C=O) groups excluding carboxylic acids is 2. The van der Waals surface area contributed by atoms with E-state index in [9.17, 15) is 22.8 Å². The van der Waals surface area contributed by atoms with E-state index in [-0.39, 0.29) is 48.5 Å². The summed E-state index contributed by atoms with van der Waals surface area (Å²) in [5.41, 5.74) is 0.0582. The lowest BCUT2D eigenvalue weighted by molar-refractivity contribution is -0.134. The van der Waals surface area contributed by atoms with Crippen molar-refractivity contribution in [1.82, 2.24) is 9.21 Å². The van der Waals surface area contributed by atoms with Gasteiger partial charge in [-0.3, -0.25) is 4.79 Å². The molecule has 10 nitrogen and oxygen atoms in total. The lowest BCUT2D eigenvalue weighted by Crippen LogP contribution is -2.51. The fourth-order valence-corrected chi connectivity index (χ4v) is 6.07. The van der Waals surface area contributed by atoms with E-state index in [2.05, 4.69) is 4.74 Å². The number of methoxy groups -OCH3 is 1. The fourth-order valence-electron chi connectivity index (χ4n) is 3.35. The molecular weight excluding hydrogens is 472 g/mol. The normalized spacial score (nSPS) is 14.9. The summed E-state index contributed by atoms with van der Waals surface area (Å²) in [7, 11) is -2.54. The lowest BCUT2D eigenvalue weighted by atomic mass is 10.2. The molecule has 1 fully saturated rings. The monoisotopic (exact) mass is 492 g/mol. The van der Waals surface area contributed by atoms with Gasteiger partial charge in [0.05, 0.1) is 12.7 Å². The molecule has 1 saturated heterocycles. The zero-order valence-corrected chi connectivity index (χ0v) is 19.2. The van der Waals surface area contributed by atoms with Crippen molar-refractivity contribution in [3.05, 3.63) is 57.8 Å². The molecule has 0 N–H and O–H groups in total. The Balaban J connectivity index is 1.33. The number of carbonyl (C=O) groups is 2. The standard InChI is InChI=1S/C21H20N2O8S2/c1-29-21(26)15-10-20(32-13-15)33(27,28)23-8-6-22(7-9-23)18(24)12-30-16-4-2-14-3-5-19(25)31-17(14)11-16/h2-5,10-11,13H,6-9,12H2,1H3. The molecule has 3 heterocycles. The highest BCUT2D eigenvalue weighted by Crippen LogP contribution is 2.25. The topological polar surface area (TPSA) is 123 Å². The number of fused-ring (bicyclic) bond motifs is 1. The van der Waals surface area contributed by atoms with E-state index >= 15 is 0 Å². The van der Waals surface area contributed by atoms with Crippen LogP contribution in [0.4, 0.5) is 0 Å². The highest BCUT2D eigenvalue weighted by atomic mass is 32.2. The number of thiophene rings is 1. The molecule has 1 amide bonds. The number of rotatable bonds is 6. The van der Waals surface area contributed by atoms with Crippen molar-refractivity contribution in [3.63, 3.8) is 0 Å². The number of hydrogen-bond donors (Lipinski definition) is 0. The van der Waals surface area contributed by atoms with Crippen molar-refractivity contribution >= 4 is 44.2 Å². The first kappa shape index (κ1) is 23.0. The second kappa shape index (κ2) is 9.33. The van der Waals surface area contributed by atoms with Gasteiger partial charge in [-0.05, 0) is 24.3 Å². The Hall–Kier alpha value is -3.22. The first-order chi connectivity index (χ1) is 15.8. The lowest BCUT2D eigenvalue weighted by Gasteiger charge is -2.33. The Morgan fingerprint density at radius 1 is 1.09 bits per heavy atom. The second-order valence-corrected chi connectivity index (χ2v) is 10.2. The van der Waals surface area contributed by atoms with Crippen LogP contribution in [-0.4, -0.2) is 69.4 Å². The van der Waals surface area contributed by atoms with E-state index in [0.717, 1.165) is 16.7 Å². The van der Waals surface area contributed by atoms with Crippen molar-refractivity contribution in [3.8, 4) is 5.75 Å². The predicted molar refractivity (Wildman–Crippen MR) is 119 cm³/mol. The highest BCUT2D eigenvalue weighted by Gasteiger charge is 2.31. The summed E-state index contributed by atoms with van der Waals surface area (Å²) in [5.74, 6) is -0.507. The Bertz CT molecular complexity index is 1350. The quantitative estimate of drug-likeness (QED) is 0.375. The van der Waals surface area contributed by atoms with Gasteiger partial charge in [-0.25, -0.2) is 18.0 Å². The van der Waals surface area contributed by atoms with Gasteiger partial charge < -0.3 is 18.8 Å². The third kappa shape index (κ3) is 4.92. The highest BCUT2D eigenvalue weighted by molar-refractivity contribution is 7.91. The van der Waals surface area contributed by atoms with Crippen molar-refractivity contribution in [1.29, 1.82) is 0 Å². The van der Waals surface area contributed by atoms with Crippen LogP contribution in [0.15, 0.2) is 55.2 Å². The number of amides is 1. The SMILES string of the molecule is COC(=O)c1csc(S(=O)(=O)N2CCN(C(=O)COc3ccc4ccc(=O)oc4c3)CC2)c1. The van der Waals surface area contributed by atoms with E-state index in [0.29, 0.717) is 11.3 Å². The number of piperazine rings is 1. The van der Waals surface area contributed by atoms with Gasteiger partial charge in [0.15, 0.2) is 6.61 Å². The minimum absolute atomic E-state index is 0.0500. The van der Waals surface area contributed by atoms with E-state index < -0.39 is 21.6 Å².